The quantitative estimate of drug-likeness (QED) is 0.868. The Bertz CT molecular complexity index is 440. The summed E-state index contributed by atoms with van der Waals surface area (Å²) in [5.74, 6) is 1.30. The van der Waals surface area contributed by atoms with E-state index in [4.69, 9.17) is 9.47 Å². The number of hydrogen-bond donors (Lipinski definition) is 1. The molecule has 3 rings (SSSR count). The van der Waals surface area contributed by atoms with Crippen LogP contribution in [0.15, 0.2) is 24.3 Å². The Kier molecular flexibility index (Phi) is 3.09. The van der Waals surface area contributed by atoms with Crippen molar-refractivity contribution in [3.63, 3.8) is 0 Å². The van der Waals surface area contributed by atoms with Crippen molar-refractivity contribution in [2.75, 3.05) is 6.61 Å². The summed E-state index contributed by atoms with van der Waals surface area (Å²) in [7, 11) is 0. The molecule has 1 aliphatic carbocycles. The number of carbonyl (C=O) groups excluding carboxylic acids is 1. The van der Waals surface area contributed by atoms with Gasteiger partial charge in [0.15, 0.2) is 11.5 Å². The molecule has 0 aromatic heterocycles. The Morgan fingerprint density at radius 1 is 1.17 bits per heavy atom. The molecule has 18 heavy (non-hydrogen) atoms. The molecule has 1 amide bonds. The monoisotopic (exact) mass is 247 g/mol. The minimum atomic E-state index is -0.527. The zero-order chi connectivity index (χ0) is 12.4. The maximum Gasteiger partial charge on any atom is 0.264 e. The zero-order valence-electron chi connectivity index (χ0n) is 10.2. The molecule has 1 N–H and O–H groups in total. The van der Waals surface area contributed by atoms with Crippen molar-refractivity contribution >= 4 is 5.91 Å². The van der Waals surface area contributed by atoms with Crippen molar-refractivity contribution in [2.45, 2.75) is 37.8 Å². The van der Waals surface area contributed by atoms with Gasteiger partial charge in [0.1, 0.15) is 6.61 Å². The maximum atomic E-state index is 12.0. The predicted molar refractivity (Wildman–Crippen MR) is 66.8 cm³/mol. The molecule has 0 spiro atoms. The number of amides is 1. The molecule has 1 aromatic rings. The van der Waals surface area contributed by atoms with Crippen LogP contribution in [0.2, 0.25) is 0 Å². The number of ether oxygens (including phenoxy) is 2. The van der Waals surface area contributed by atoms with E-state index in [0.29, 0.717) is 17.5 Å². The van der Waals surface area contributed by atoms with E-state index in [-0.39, 0.29) is 12.5 Å². The lowest BCUT2D eigenvalue weighted by atomic mass is 10.2. The fourth-order valence-electron chi connectivity index (χ4n) is 2.51. The van der Waals surface area contributed by atoms with Crippen LogP contribution in [-0.2, 0) is 4.79 Å². The van der Waals surface area contributed by atoms with Crippen LogP contribution in [0.3, 0.4) is 0 Å². The minimum absolute atomic E-state index is 0.0589. The lowest BCUT2D eigenvalue weighted by Gasteiger charge is -2.26. The molecular formula is C14H17NO3. The number of nitrogens with one attached hydrogen (secondary N) is 1. The second kappa shape index (κ2) is 4.88. The Morgan fingerprint density at radius 3 is 2.67 bits per heavy atom. The minimum Gasteiger partial charge on any atom is -0.485 e. The summed E-state index contributed by atoms with van der Waals surface area (Å²) in [6, 6.07) is 7.75. The fourth-order valence-corrected chi connectivity index (χ4v) is 2.51. The molecule has 1 fully saturated rings. The molecule has 1 aliphatic heterocycles. The van der Waals surface area contributed by atoms with Crippen molar-refractivity contribution in [1.82, 2.24) is 5.32 Å². The van der Waals surface area contributed by atoms with E-state index >= 15 is 0 Å². The van der Waals surface area contributed by atoms with Gasteiger partial charge in [-0.25, -0.2) is 0 Å². The number of hydrogen-bond acceptors (Lipinski definition) is 3. The van der Waals surface area contributed by atoms with Crippen LogP contribution >= 0.6 is 0 Å². The van der Waals surface area contributed by atoms with Crippen LogP contribution in [0, 0.1) is 0 Å². The third-order valence-corrected chi connectivity index (χ3v) is 3.50. The van der Waals surface area contributed by atoms with Gasteiger partial charge < -0.3 is 14.8 Å². The molecule has 2 aliphatic rings. The molecule has 1 aromatic carbocycles. The number of benzene rings is 1. The highest BCUT2D eigenvalue weighted by Gasteiger charge is 2.29. The smallest absolute Gasteiger partial charge is 0.264 e. The standard InChI is InChI=1S/C14H17NO3/c16-14(15-10-5-1-2-6-10)13-9-17-11-7-3-4-8-12(11)18-13/h3-4,7-8,10,13H,1-2,5-6,9H2,(H,15,16)/t13-/m0/s1. The molecule has 1 atom stereocenters. The summed E-state index contributed by atoms with van der Waals surface area (Å²) >= 11 is 0. The van der Waals surface area contributed by atoms with E-state index in [1.165, 1.54) is 12.8 Å². The molecule has 0 unspecified atom stereocenters. The molecule has 0 saturated heterocycles. The van der Waals surface area contributed by atoms with Crippen LogP contribution in [0.1, 0.15) is 25.7 Å². The highest BCUT2D eigenvalue weighted by molar-refractivity contribution is 5.82. The molecular weight excluding hydrogens is 230 g/mol. The number of fused-ring (bicyclic) bond motifs is 1. The SMILES string of the molecule is O=C(NC1CCCC1)[C@@H]1COc2ccccc2O1. The third kappa shape index (κ3) is 2.28. The summed E-state index contributed by atoms with van der Waals surface area (Å²) in [6.07, 6.45) is 4.04. The number of para-hydroxylation sites is 2. The van der Waals surface area contributed by atoms with Crippen LogP contribution in [0.5, 0.6) is 11.5 Å². The first kappa shape index (κ1) is 11.4. The first-order valence-electron chi connectivity index (χ1n) is 6.52. The van der Waals surface area contributed by atoms with E-state index in [1.54, 1.807) is 0 Å². The first-order chi connectivity index (χ1) is 8.83. The lowest BCUT2D eigenvalue weighted by Crippen LogP contribution is -2.46. The Morgan fingerprint density at radius 2 is 1.89 bits per heavy atom. The van der Waals surface area contributed by atoms with Crippen molar-refractivity contribution in [3.8, 4) is 11.5 Å². The highest BCUT2D eigenvalue weighted by Crippen LogP contribution is 2.31. The zero-order valence-corrected chi connectivity index (χ0v) is 10.2. The third-order valence-electron chi connectivity index (χ3n) is 3.50. The van der Waals surface area contributed by atoms with Gasteiger partial charge in [0, 0.05) is 6.04 Å². The first-order valence-corrected chi connectivity index (χ1v) is 6.52. The molecule has 96 valence electrons. The molecule has 0 radical (unpaired) electrons. The van der Waals surface area contributed by atoms with Crippen molar-refractivity contribution in [2.24, 2.45) is 0 Å². The van der Waals surface area contributed by atoms with Gasteiger partial charge in [-0.2, -0.15) is 0 Å². The predicted octanol–water partition coefficient (Wildman–Crippen LogP) is 1.89. The van der Waals surface area contributed by atoms with Crippen LogP contribution < -0.4 is 14.8 Å². The molecule has 4 heteroatoms. The van der Waals surface area contributed by atoms with E-state index < -0.39 is 6.10 Å². The summed E-state index contributed by atoms with van der Waals surface area (Å²) < 4.78 is 11.2. The van der Waals surface area contributed by atoms with Crippen molar-refractivity contribution < 1.29 is 14.3 Å². The van der Waals surface area contributed by atoms with Gasteiger partial charge in [0.2, 0.25) is 6.10 Å². The summed E-state index contributed by atoms with van der Waals surface area (Å²) in [5.41, 5.74) is 0. The van der Waals surface area contributed by atoms with Gasteiger partial charge >= 0.3 is 0 Å². The van der Waals surface area contributed by atoms with Gasteiger partial charge in [-0.1, -0.05) is 25.0 Å². The number of rotatable bonds is 2. The number of carbonyl (C=O) groups is 1. The summed E-state index contributed by atoms with van der Waals surface area (Å²) in [5, 5.41) is 3.04. The van der Waals surface area contributed by atoms with Crippen molar-refractivity contribution in [1.29, 1.82) is 0 Å². The average Bonchev–Trinajstić information content (AvgIpc) is 2.91. The summed E-state index contributed by atoms with van der Waals surface area (Å²) in [4.78, 5) is 12.0. The lowest BCUT2D eigenvalue weighted by molar-refractivity contribution is -0.131. The molecule has 0 bridgehead atoms. The van der Waals surface area contributed by atoms with Gasteiger partial charge in [-0.3, -0.25) is 4.79 Å². The fraction of sp³-hybridized carbons (Fsp3) is 0.500. The van der Waals surface area contributed by atoms with Crippen LogP contribution in [0.25, 0.3) is 0 Å². The Balaban J connectivity index is 1.62. The van der Waals surface area contributed by atoms with Crippen LogP contribution in [0.4, 0.5) is 0 Å². The van der Waals surface area contributed by atoms with E-state index in [0.717, 1.165) is 12.8 Å². The van der Waals surface area contributed by atoms with Gasteiger partial charge in [0.25, 0.3) is 5.91 Å². The van der Waals surface area contributed by atoms with E-state index in [2.05, 4.69) is 5.32 Å². The van der Waals surface area contributed by atoms with E-state index in [1.807, 2.05) is 24.3 Å². The van der Waals surface area contributed by atoms with Crippen molar-refractivity contribution in [3.05, 3.63) is 24.3 Å². The Labute approximate surface area is 106 Å². The second-order valence-electron chi connectivity index (χ2n) is 4.85. The highest BCUT2D eigenvalue weighted by atomic mass is 16.6. The Hall–Kier alpha value is -1.71. The molecule has 1 heterocycles. The topological polar surface area (TPSA) is 47.6 Å². The van der Waals surface area contributed by atoms with Crippen LogP contribution in [-0.4, -0.2) is 24.7 Å². The normalized spacial score (nSPS) is 22.8. The average molecular weight is 247 g/mol. The van der Waals surface area contributed by atoms with Gasteiger partial charge in [0.05, 0.1) is 0 Å². The van der Waals surface area contributed by atoms with Gasteiger partial charge in [-0.05, 0) is 25.0 Å². The largest absolute Gasteiger partial charge is 0.485 e. The summed E-state index contributed by atoms with van der Waals surface area (Å²) in [6.45, 7) is 0.287. The maximum absolute atomic E-state index is 12.0. The van der Waals surface area contributed by atoms with Gasteiger partial charge in [-0.15, -0.1) is 0 Å². The second-order valence-corrected chi connectivity index (χ2v) is 4.85. The molecule has 1 saturated carbocycles. The van der Waals surface area contributed by atoms with E-state index in [9.17, 15) is 4.79 Å². The molecule has 4 nitrogen and oxygen atoms in total.